The number of aromatic nitrogens is 3. The molecule has 4 aromatic rings. The average molecular weight is 378 g/mol. The van der Waals surface area contributed by atoms with Gasteiger partial charge in [-0.2, -0.15) is 0 Å². The largest absolute Gasteiger partial charge is 0.411 e. The van der Waals surface area contributed by atoms with E-state index in [2.05, 4.69) is 15.2 Å². The Morgan fingerprint density at radius 1 is 1.07 bits per heavy atom. The summed E-state index contributed by atoms with van der Waals surface area (Å²) >= 11 is 1.26. The number of fused-ring (bicyclic) bond motifs is 1. The van der Waals surface area contributed by atoms with Crippen LogP contribution in [0.3, 0.4) is 0 Å². The molecule has 2 aromatic heterocycles. The van der Waals surface area contributed by atoms with Crippen LogP contribution in [0.25, 0.3) is 22.4 Å². The molecule has 136 valence electrons. The van der Waals surface area contributed by atoms with Crippen molar-refractivity contribution in [3.63, 3.8) is 0 Å². The van der Waals surface area contributed by atoms with Crippen LogP contribution >= 0.6 is 11.8 Å². The molecule has 1 atom stereocenters. The predicted octanol–water partition coefficient (Wildman–Crippen LogP) is 4.14. The maximum Gasteiger partial charge on any atom is 0.277 e. The van der Waals surface area contributed by atoms with E-state index in [4.69, 9.17) is 4.42 Å². The smallest absolute Gasteiger partial charge is 0.277 e. The van der Waals surface area contributed by atoms with Crippen LogP contribution in [0.2, 0.25) is 0 Å². The van der Waals surface area contributed by atoms with Gasteiger partial charge in [-0.1, -0.05) is 48.5 Å². The van der Waals surface area contributed by atoms with Gasteiger partial charge >= 0.3 is 0 Å². The predicted molar refractivity (Wildman–Crippen MR) is 105 cm³/mol. The molecule has 6 nitrogen and oxygen atoms in total. The van der Waals surface area contributed by atoms with Gasteiger partial charge in [0.2, 0.25) is 5.91 Å². The molecule has 0 bridgehead atoms. The van der Waals surface area contributed by atoms with Gasteiger partial charge in [0.15, 0.2) is 0 Å². The minimum Gasteiger partial charge on any atom is -0.411 e. The lowest BCUT2D eigenvalue weighted by Crippen LogP contribution is -2.26. The number of amides is 1. The number of hydrogen-bond donors (Lipinski definition) is 1. The van der Waals surface area contributed by atoms with Gasteiger partial charge in [0, 0.05) is 31.2 Å². The molecule has 0 saturated heterocycles. The Kier molecular flexibility index (Phi) is 4.68. The van der Waals surface area contributed by atoms with Crippen molar-refractivity contribution in [2.24, 2.45) is 0 Å². The molecule has 0 radical (unpaired) electrons. The third-order valence-corrected chi connectivity index (χ3v) is 5.29. The molecular weight excluding hydrogens is 360 g/mol. The number of aromatic amines is 1. The molecule has 0 fully saturated rings. The second kappa shape index (κ2) is 7.28. The lowest BCUT2D eigenvalue weighted by Gasteiger charge is -2.18. The topological polar surface area (TPSA) is 75.0 Å². The number of nitrogens with one attached hydrogen (secondary N) is 1. The van der Waals surface area contributed by atoms with Gasteiger partial charge in [0.25, 0.3) is 11.1 Å². The van der Waals surface area contributed by atoms with E-state index in [0.29, 0.717) is 11.1 Å². The molecule has 2 heterocycles. The van der Waals surface area contributed by atoms with Gasteiger partial charge in [-0.05, 0) is 23.4 Å². The summed E-state index contributed by atoms with van der Waals surface area (Å²) in [5.74, 6) is 0.400. The van der Waals surface area contributed by atoms with E-state index >= 15 is 0 Å². The van der Waals surface area contributed by atoms with Crippen LogP contribution in [-0.2, 0) is 4.79 Å². The van der Waals surface area contributed by atoms with Crippen LogP contribution < -0.4 is 0 Å². The summed E-state index contributed by atoms with van der Waals surface area (Å²) in [6, 6.07) is 17.5. The number of hydrogen-bond acceptors (Lipinski definition) is 5. The highest BCUT2D eigenvalue weighted by molar-refractivity contribution is 8.00. The van der Waals surface area contributed by atoms with Crippen molar-refractivity contribution in [3.05, 3.63) is 66.4 Å². The summed E-state index contributed by atoms with van der Waals surface area (Å²) in [7, 11) is 3.48. The van der Waals surface area contributed by atoms with Gasteiger partial charge in [0.1, 0.15) is 5.25 Å². The third-order valence-electron chi connectivity index (χ3n) is 4.21. The van der Waals surface area contributed by atoms with Crippen LogP contribution in [0.15, 0.2) is 70.4 Å². The Bertz CT molecular complexity index is 1070. The molecular formula is C20H18N4O2S. The zero-order valence-corrected chi connectivity index (χ0v) is 15.7. The number of carbonyl (C=O) groups excluding carboxylic acids is 1. The fourth-order valence-electron chi connectivity index (χ4n) is 2.84. The molecule has 2 aromatic carbocycles. The normalized spacial score (nSPS) is 12.2. The van der Waals surface area contributed by atoms with Gasteiger partial charge in [-0.15, -0.1) is 10.2 Å². The number of rotatable bonds is 5. The van der Waals surface area contributed by atoms with E-state index in [1.807, 2.05) is 60.8 Å². The maximum absolute atomic E-state index is 12.7. The van der Waals surface area contributed by atoms with Gasteiger partial charge in [-0.25, -0.2) is 0 Å². The van der Waals surface area contributed by atoms with E-state index in [9.17, 15) is 4.79 Å². The SMILES string of the molecule is CN(C)C(=O)[C@@H](Sc1nnc(-c2c[nH]c3ccccc23)o1)c1ccccc1. The van der Waals surface area contributed by atoms with E-state index in [1.54, 1.807) is 19.0 Å². The number of H-pyrrole nitrogens is 1. The lowest BCUT2D eigenvalue weighted by molar-refractivity contribution is -0.128. The lowest BCUT2D eigenvalue weighted by atomic mass is 10.1. The minimum atomic E-state index is -0.447. The quantitative estimate of drug-likeness (QED) is 0.528. The van der Waals surface area contributed by atoms with Crippen molar-refractivity contribution in [1.82, 2.24) is 20.1 Å². The highest BCUT2D eigenvalue weighted by Gasteiger charge is 2.26. The molecule has 27 heavy (non-hydrogen) atoms. The molecule has 7 heteroatoms. The first kappa shape index (κ1) is 17.4. The van der Waals surface area contributed by atoms with E-state index in [0.717, 1.165) is 22.0 Å². The summed E-state index contributed by atoms with van der Waals surface area (Å²) in [4.78, 5) is 17.4. The number of likely N-dealkylation sites (N-methyl/N-ethyl adjacent to an activating group) is 1. The van der Waals surface area contributed by atoms with E-state index < -0.39 is 5.25 Å². The zero-order valence-electron chi connectivity index (χ0n) is 14.9. The first-order chi connectivity index (χ1) is 13.1. The molecule has 0 saturated carbocycles. The van der Waals surface area contributed by atoms with Crippen molar-refractivity contribution in [3.8, 4) is 11.5 Å². The molecule has 0 aliphatic carbocycles. The standard InChI is InChI=1S/C20H18N4O2S/c1-24(2)19(25)17(13-8-4-3-5-9-13)27-20-23-22-18(26-20)15-12-21-16-11-7-6-10-14(15)16/h3-12,17,21H,1-2H3/t17-/m0/s1. The monoisotopic (exact) mass is 378 g/mol. The van der Waals surface area contributed by atoms with Gasteiger partial charge in [-0.3, -0.25) is 4.79 Å². The number of nitrogens with zero attached hydrogens (tertiary/aromatic N) is 3. The first-order valence-electron chi connectivity index (χ1n) is 8.46. The zero-order chi connectivity index (χ0) is 18.8. The average Bonchev–Trinajstić information content (AvgIpc) is 3.32. The van der Waals surface area contributed by atoms with E-state index in [-0.39, 0.29) is 5.91 Å². The van der Waals surface area contributed by atoms with Crippen LogP contribution in [-0.4, -0.2) is 40.1 Å². The van der Waals surface area contributed by atoms with Crippen molar-refractivity contribution in [2.45, 2.75) is 10.5 Å². The Labute approximate surface area is 160 Å². The summed E-state index contributed by atoms with van der Waals surface area (Å²) in [5, 5.41) is 9.25. The maximum atomic E-state index is 12.7. The summed E-state index contributed by atoms with van der Waals surface area (Å²) < 4.78 is 5.87. The van der Waals surface area contributed by atoms with Crippen molar-refractivity contribution >= 4 is 28.6 Å². The second-order valence-corrected chi connectivity index (χ2v) is 7.32. The van der Waals surface area contributed by atoms with Gasteiger partial charge < -0.3 is 14.3 Å². The first-order valence-corrected chi connectivity index (χ1v) is 9.34. The number of carbonyl (C=O) groups is 1. The second-order valence-electron chi connectivity index (χ2n) is 6.26. The fraction of sp³-hybridized carbons (Fsp3) is 0.150. The van der Waals surface area contributed by atoms with Crippen LogP contribution in [0.4, 0.5) is 0 Å². The van der Waals surface area contributed by atoms with Crippen LogP contribution in [0.1, 0.15) is 10.8 Å². The number of para-hydroxylation sites is 1. The molecule has 0 spiro atoms. The Hall–Kier alpha value is -3.06. The van der Waals surface area contributed by atoms with Crippen LogP contribution in [0, 0.1) is 0 Å². The Balaban J connectivity index is 1.64. The number of benzene rings is 2. The Morgan fingerprint density at radius 3 is 2.59 bits per heavy atom. The van der Waals surface area contributed by atoms with Gasteiger partial charge in [0.05, 0.1) is 5.56 Å². The highest BCUT2D eigenvalue weighted by atomic mass is 32.2. The molecule has 0 aliphatic rings. The van der Waals surface area contributed by atoms with Crippen molar-refractivity contribution in [2.75, 3.05) is 14.1 Å². The Morgan fingerprint density at radius 2 is 1.81 bits per heavy atom. The van der Waals surface area contributed by atoms with Crippen molar-refractivity contribution < 1.29 is 9.21 Å². The van der Waals surface area contributed by atoms with Crippen molar-refractivity contribution in [1.29, 1.82) is 0 Å². The van der Waals surface area contributed by atoms with E-state index in [1.165, 1.54) is 11.8 Å². The molecule has 0 unspecified atom stereocenters. The highest BCUT2D eigenvalue weighted by Crippen LogP contribution is 2.37. The fourth-order valence-corrected chi connectivity index (χ4v) is 3.86. The minimum absolute atomic E-state index is 0.0296. The molecule has 4 rings (SSSR count). The summed E-state index contributed by atoms with van der Waals surface area (Å²) in [6.07, 6.45) is 1.85. The van der Waals surface area contributed by atoms with Crippen LogP contribution in [0.5, 0.6) is 0 Å². The summed E-state index contributed by atoms with van der Waals surface area (Å²) in [6.45, 7) is 0. The molecule has 0 aliphatic heterocycles. The number of thioether (sulfide) groups is 1. The summed E-state index contributed by atoms with van der Waals surface area (Å²) in [5.41, 5.74) is 2.75. The molecule has 1 N–H and O–H groups in total. The molecule has 1 amide bonds. The third kappa shape index (κ3) is 3.46.